The lowest BCUT2D eigenvalue weighted by molar-refractivity contribution is 0.102. The van der Waals surface area contributed by atoms with E-state index in [4.69, 9.17) is 4.74 Å². The number of hydrogen-bond donors (Lipinski definition) is 1. The number of nitrogens with one attached hydrogen (secondary N) is 1. The van der Waals surface area contributed by atoms with Crippen molar-refractivity contribution in [2.45, 2.75) is 13.8 Å². The quantitative estimate of drug-likeness (QED) is 0.553. The van der Waals surface area contributed by atoms with Crippen molar-refractivity contribution >= 4 is 11.6 Å². The van der Waals surface area contributed by atoms with Crippen LogP contribution in [0.2, 0.25) is 0 Å². The maximum absolute atomic E-state index is 12.2. The topological polar surface area (TPSA) is 81.9 Å². The summed E-state index contributed by atoms with van der Waals surface area (Å²) in [5.41, 5.74) is 1.28. The minimum absolute atomic E-state index is 0.161. The summed E-state index contributed by atoms with van der Waals surface area (Å²) in [5.74, 6) is 2.99. The number of anilines is 1. The second-order valence-corrected chi connectivity index (χ2v) is 6.40. The third kappa shape index (κ3) is 4.30. The zero-order chi connectivity index (χ0) is 20.2. The normalized spacial score (nSPS) is 10.6. The van der Waals surface area contributed by atoms with Crippen LogP contribution in [0.4, 0.5) is 5.69 Å². The number of aromatic nitrogens is 4. The molecule has 7 heteroatoms. The second kappa shape index (κ2) is 7.93. The van der Waals surface area contributed by atoms with Gasteiger partial charge >= 0.3 is 0 Å². The van der Waals surface area contributed by atoms with E-state index in [9.17, 15) is 4.79 Å². The molecule has 4 aromatic rings. The Morgan fingerprint density at radius 2 is 1.76 bits per heavy atom. The Hall–Kier alpha value is -4.00. The predicted octanol–water partition coefficient (Wildman–Crippen LogP) is 4.32. The first-order valence-corrected chi connectivity index (χ1v) is 9.09. The molecule has 0 atom stereocenters. The molecule has 0 unspecified atom stereocenters. The first kappa shape index (κ1) is 18.4. The van der Waals surface area contributed by atoms with Gasteiger partial charge in [0.2, 0.25) is 5.88 Å². The molecule has 0 saturated carbocycles. The van der Waals surface area contributed by atoms with Crippen LogP contribution in [-0.4, -0.2) is 25.4 Å². The van der Waals surface area contributed by atoms with E-state index in [0.717, 1.165) is 5.82 Å². The molecule has 0 aliphatic rings. The average molecular weight is 385 g/mol. The minimum Gasteiger partial charge on any atom is -0.439 e. The Kier molecular flexibility index (Phi) is 5.03. The first-order chi connectivity index (χ1) is 14.1. The molecular weight excluding hydrogens is 366 g/mol. The molecule has 29 heavy (non-hydrogen) atoms. The standard InChI is InChI=1S/C22H19N5O2/c1-15-24-20(27-13-12-23-16(27)2)14-21(25-15)29-19-10-8-18(9-11-19)26-22(28)17-6-4-3-5-7-17/h3-14H,1-2H3,(H,26,28). The van der Waals surface area contributed by atoms with Crippen LogP contribution in [0.1, 0.15) is 22.0 Å². The molecule has 7 nitrogen and oxygen atoms in total. The Morgan fingerprint density at radius 1 is 1.00 bits per heavy atom. The SMILES string of the molecule is Cc1nc(Oc2ccc(NC(=O)c3ccccc3)cc2)cc(-n2ccnc2C)n1. The third-order valence-electron chi connectivity index (χ3n) is 4.24. The largest absolute Gasteiger partial charge is 0.439 e. The summed E-state index contributed by atoms with van der Waals surface area (Å²) in [6, 6.07) is 17.9. The summed E-state index contributed by atoms with van der Waals surface area (Å²) in [6.07, 6.45) is 3.56. The molecule has 1 N–H and O–H groups in total. The van der Waals surface area contributed by atoms with Crippen LogP contribution in [0.25, 0.3) is 5.82 Å². The van der Waals surface area contributed by atoms with Gasteiger partial charge in [-0.3, -0.25) is 9.36 Å². The highest BCUT2D eigenvalue weighted by Gasteiger charge is 2.09. The molecule has 4 rings (SSSR count). The third-order valence-corrected chi connectivity index (χ3v) is 4.24. The molecule has 0 saturated heterocycles. The predicted molar refractivity (Wildman–Crippen MR) is 110 cm³/mol. The van der Waals surface area contributed by atoms with Crippen molar-refractivity contribution in [3.8, 4) is 17.4 Å². The molecule has 0 spiro atoms. The lowest BCUT2D eigenvalue weighted by Crippen LogP contribution is -2.11. The summed E-state index contributed by atoms with van der Waals surface area (Å²) < 4.78 is 7.75. The van der Waals surface area contributed by atoms with Gasteiger partial charge < -0.3 is 10.1 Å². The van der Waals surface area contributed by atoms with E-state index >= 15 is 0 Å². The van der Waals surface area contributed by atoms with Gasteiger partial charge in [0.05, 0.1) is 0 Å². The number of amides is 1. The zero-order valence-electron chi connectivity index (χ0n) is 16.0. The Morgan fingerprint density at radius 3 is 2.45 bits per heavy atom. The summed E-state index contributed by atoms with van der Waals surface area (Å²) in [4.78, 5) is 25.2. The lowest BCUT2D eigenvalue weighted by atomic mass is 10.2. The van der Waals surface area contributed by atoms with Gasteiger partial charge in [-0.15, -0.1) is 0 Å². The number of nitrogens with zero attached hydrogens (tertiary/aromatic N) is 4. The van der Waals surface area contributed by atoms with E-state index in [1.54, 1.807) is 48.7 Å². The Bertz CT molecular complexity index is 1140. The number of ether oxygens (including phenoxy) is 1. The Balaban J connectivity index is 1.48. The van der Waals surface area contributed by atoms with Crippen LogP contribution in [0.5, 0.6) is 11.6 Å². The van der Waals surface area contributed by atoms with Gasteiger partial charge in [-0.25, -0.2) is 9.97 Å². The van der Waals surface area contributed by atoms with Gasteiger partial charge in [0.1, 0.15) is 23.2 Å². The number of benzene rings is 2. The molecular formula is C22H19N5O2. The van der Waals surface area contributed by atoms with Crippen LogP contribution in [0.3, 0.4) is 0 Å². The molecule has 2 aromatic carbocycles. The highest BCUT2D eigenvalue weighted by molar-refractivity contribution is 6.04. The molecule has 2 aromatic heterocycles. The molecule has 0 aliphatic heterocycles. The van der Waals surface area contributed by atoms with Crippen LogP contribution in [0, 0.1) is 13.8 Å². The monoisotopic (exact) mass is 385 g/mol. The fourth-order valence-corrected chi connectivity index (χ4v) is 2.84. The molecule has 0 bridgehead atoms. The minimum atomic E-state index is -0.161. The van der Waals surface area contributed by atoms with Gasteiger partial charge in [0, 0.05) is 29.7 Å². The summed E-state index contributed by atoms with van der Waals surface area (Å²) in [6.45, 7) is 3.71. The zero-order valence-corrected chi connectivity index (χ0v) is 16.0. The smallest absolute Gasteiger partial charge is 0.255 e. The second-order valence-electron chi connectivity index (χ2n) is 6.40. The number of hydrogen-bond acceptors (Lipinski definition) is 5. The highest BCUT2D eigenvalue weighted by atomic mass is 16.5. The number of carbonyl (C=O) groups is 1. The van der Waals surface area contributed by atoms with Crippen LogP contribution in [-0.2, 0) is 0 Å². The van der Waals surface area contributed by atoms with Gasteiger partial charge in [-0.05, 0) is 50.2 Å². The summed E-state index contributed by atoms with van der Waals surface area (Å²) >= 11 is 0. The van der Waals surface area contributed by atoms with E-state index in [2.05, 4.69) is 20.3 Å². The van der Waals surface area contributed by atoms with Crippen molar-refractivity contribution in [3.05, 3.63) is 90.3 Å². The van der Waals surface area contributed by atoms with Gasteiger partial charge in [0.15, 0.2) is 0 Å². The number of carbonyl (C=O) groups excluding carboxylic acids is 1. The van der Waals surface area contributed by atoms with Crippen LogP contribution in [0.15, 0.2) is 73.1 Å². The number of imidazole rings is 1. The van der Waals surface area contributed by atoms with Gasteiger partial charge in [-0.1, -0.05) is 18.2 Å². The average Bonchev–Trinajstić information content (AvgIpc) is 3.16. The fraction of sp³-hybridized carbons (Fsp3) is 0.0909. The maximum Gasteiger partial charge on any atom is 0.255 e. The molecule has 0 radical (unpaired) electrons. The molecule has 1 amide bonds. The maximum atomic E-state index is 12.2. The molecule has 2 heterocycles. The number of aryl methyl sites for hydroxylation is 2. The Labute approximate surface area is 168 Å². The van der Waals surface area contributed by atoms with Gasteiger partial charge in [-0.2, -0.15) is 4.98 Å². The molecule has 0 aliphatic carbocycles. The number of rotatable bonds is 5. The lowest BCUT2D eigenvalue weighted by Gasteiger charge is -2.10. The summed E-state index contributed by atoms with van der Waals surface area (Å²) in [7, 11) is 0. The van der Waals surface area contributed by atoms with Crippen molar-refractivity contribution in [1.29, 1.82) is 0 Å². The van der Waals surface area contributed by atoms with E-state index in [-0.39, 0.29) is 5.91 Å². The highest BCUT2D eigenvalue weighted by Crippen LogP contribution is 2.23. The van der Waals surface area contributed by atoms with Crippen molar-refractivity contribution in [1.82, 2.24) is 19.5 Å². The molecule has 144 valence electrons. The van der Waals surface area contributed by atoms with Gasteiger partial charge in [0.25, 0.3) is 5.91 Å². The van der Waals surface area contributed by atoms with Crippen molar-refractivity contribution in [2.75, 3.05) is 5.32 Å². The van der Waals surface area contributed by atoms with E-state index in [0.29, 0.717) is 34.5 Å². The van der Waals surface area contributed by atoms with Crippen LogP contribution >= 0.6 is 0 Å². The van der Waals surface area contributed by atoms with Crippen molar-refractivity contribution < 1.29 is 9.53 Å². The van der Waals surface area contributed by atoms with Crippen LogP contribution < -0.4 is 10.1 Å². The van der Waals surface area contributed by atoms with E-state index < -0.39 is 0 Å². The molecule has 0 fully saturated rings. The van der Waals surface area contributed by atoms with E-state index in [1.165, 1.54) is 0 Å². The fourth-order valence-electron chi connectivity index (χ4n) is 2.84. The van der Waals surface area contributed by atoms with Crippen molar-refractivity contribution in [3.63, 3.8) is 0 Å². The van der Waals surface area contributed by atoms with E-state index in [1.807, 2.05) is 42.8 Å². The van der Waals surface area contributed by atoms with Crippen molar-refractivity contribution in [2.24, 2.45) is 0 Å². The first-order valence-electron chi connectivity index (χ1n) is 9.09. The summed E-state index contributed by atoms with van der Waals surface area (Å²) in [5, 5.41) is 2.86.